The number of carbonyl (C=O) groups is 1. The first kappa shape index (κ1) is 16.8. The normalized spacial score (nSPS) is 17.5. The molecule has 0 aliphatic carbocycles. The van der Waals surface area contributed by atoms with E-state index in [4.69, 9.17) is 21.1 Å². The van der Waals surface area contributed by atoms with Crippen LogP contribution < -0.4 is 10.1 Å². The molecule has 6 nitrogen and oxygen atoms in total. The fraction of sp³-hybridized carbons (Fsp3) is 0.412. The van der Waals surface area contributed by atoms with Crippen LogP contribution in [0.15, 0.2) is 30.6 Å². The summed E-state index contributed by atoms with van der Waals surface area (Å²) in [4.78, 5) is 12.4. The van der Waals surface area contributed by atoms with Crippen LogP contribution in [0, 0.1) is 0 Å². The molecule has 1 aromatic carbocycles. The summed E-state index contributed by atoms with van der Waals surface area (Å²) in [6.07, 6.45) is 6.96. The molecular weight excluding hydrogens is 330 g/mol. The lowest BCUT2D eigenvalue weighted by molar-refractivity contribution is 0.00401. The summed E-state index contributed by atoms with van der Waals surface area (Å²) in [5.74, 6) is 0.183. The molecule has 0 bridgehead atoms. The first-order chi connectivity index (χ1) is 11.7. The van der Waals surface area contributed by atoms with E-state index in [9.17, 15) is 4.79 Å². The minimum atomic E-state index is -0.289. The summed E-state index contributed by atoms with van der Waals surface area (Å²) in [6, 6.07) is 4.93. The van der Waals surface area contributed by atoms with Gasteiger partial charge in [0.05, 0.1) is 37.2 Å². The zero-order valence-electron chi connectivity index (χ0n) is 13.5. The van der Waals surface area contributed by atoms with Crippen LogP contribution in [0.25, 0.3) is 0 Å². The maximum absolute atomic E-state index is 12.4. The van der Waals surface area contributed by atoms with Gasteiger partial charge in [0.2, 0.25) is 0 Å². The predicted molar refractivity (Wildman–Crippen MR) is 91.8 cm³/mol. The quantitative estimate of drug-likeness (QED) is 0.898. The van der Waals surface area contributed by atoms with E-state index in [2.05, 4.69) is 10.4 Å². The molecule has 24 heavy (non-hydrogen) atoms. The molecule has 2 heterocycles. The van der Waals surface area contributed by atoms with E-state index < -0.39 is 0 Å². The Morgan fingerprint density at radius 3 is 3.12 bits per heavy atom. The van der Waals surface area contributed by atoms with E-state index in [0.29, 0.717) is 28.6 Å². The van der Waals surface area contributed by atoms with Crippen LogP contribution in [0.2, 0.25) is 5.02 Å². The molecule has 1 atom stereocenters. The minimum absolute atomic E-state index is 0.190. The molecule has 2 aromatic rings. The molecule has 1 N–H and O–H groups in total. The fourth-order valence-corrected chi connectivity index (χ4v) is 2.92. The van der Waals surface area contributed by atoms with Crippen LogP contribution in [0.1, 0.15) is 29.6 Å². The number of hydrogen-bond donors (Lipinski definition) is 1. The van der Waals surface area contributed by atoms with Gasteiger partial charge in [-0.15, -0.1) is 0 Å². The number of anilines is 1. The van der Waals surface area contributed by atoms with E-state index in [1.165, 1.54) is 13.5 Å². The van der Waals surface area contributed by atoms with E-state index in [-0.39, 0.29) is 12.0 Å². The maximum atomic E-state index is 12.4. The zero-order valence-corrected chi connectivity index (χ0v) is 14.3. The van der Waals surface area contributed by atoms with Crippen molar-refractivity contribution < 1.29 is 14.3 Å². The van der Waals surface area contributed by atoms with Crippen molar-refractivity contribution in [1.29, 1.82) is 0 Å². The molecule has 0 spiro atoms. The highest BCUT2D eigenvalue weighted by Crippen LogP contribution is 2.24. The van der Waals surface area contributed by atoms with Gasteiger partial charge in [-0.05, 0) is 37.5 Å². The molecule has 1 amide bonds. The largest absolute Gasteiger partial charge is 0.496 e. The van der Waals surface area contributed by atoms with Gasteiger partial charge in [-0.2, -0.15) is 5.10 Å². The molecule has 1 aliphatic rings. The Kier molecular flexibility index (Phi) is 5.37. The number of aromatic nitrogens is 2. The van der Waals surface area contributed by atoms with Crippen LogP contribution in [0.5, 0.6) is 5.75 Å². The first-order valence-corrected chi connectivity index (χ1v) is 8.32. The molecule has 1 saturated heterocycles. The fourth-order valence-electron chi connectivity index (χ4n) is 2.74. The SMILES string of the molecule is COc1ccc(Cl)cc1C(=O)Nc1cnn(C[C@@H]2CCCCO2)c1. The second-order valence-electron chi connectivity index (χ2n) is 5.74. The Balaban J connectivity index is 1.66. The van der Waals surface area contributed by atoms with Crippen molar-refractivity contribution in [2.24, 2.45) is 0 Å². The summed E-state index contributed by atoms with van der Waals surface area (Å²) < 4.78 is 12.7. The molecule has 128 valence electrons. The lowest BCUT2D eigenvalue weighted by Gasteiger charge is -2.22. The Morgan fingerprint density at radius 1 is 1.50 bits per heavy atom. The summed E-state index contributed by atoms with van der Waals surface area (Å²) in [7, 11) is 1.52. The van der Waals surface area contributed by atoms with Gasteiger partial charge < -0.3 is 14.8 Å². The van der Waals surface area contributed by atoms with Crippen molar-refractivity contribution in [2.45, 2.75) is 31.9 Å². The predicted octanol–water partition coefficient (Wildman–Crippen LogP) is 3.37. The van der Waals surface area contributed by atoms with Crippen molar-refractivity contribution in [3.63, 3.8) is 0 Å². The summed E-state index contributed by atoms with van der Waals surface area (Å²) in [5, 5.41) is 7.58. The van der Waals surface area contributed by atoms with Crippen LogP contribution in [-0.4, -0.2) is 35.5 Å². The number of rotatable bonds is 5. The number of halogens is 1. The Labute approximate surface area is 145 Å². The molecule has 1 fully saturated rings. The van der Waals surface area contributed by atoms with Crippen molar-refractivity contribution in [3.8, 4) is 5.75 Å². The average Bonchev–Trinajstić information content (AvgIpc) is 3.02. The van der Waals surface area contributed by atoms with Gasteiger partial charge in [0.1, 0.15) is 5.75 Å². The van der Waals surface area contributed by atoms with Crippen molar-refractivity contribution in [3.05, 3.63) is 41.2 Å². The van der Waals surface area contributed by atoms with Gasteiger partial charge in [-0.1, -0.05) is 11.6 Å². The lowest BCUT2D eigenvalue weighted by Crippen LogP contribution is -2.24. The summed E-state index contributed by atoms with van der Waals surface area (Å²) >= 11 is 5.97. The average molecular weight is 350 g/mol. The Bertz CT molecular complexity index is 711. The van der Waals surface area contributed by atoms with Crippen molar-refractivity contribution >= 4 is 23.2 Å². The third-order valence-electron chi connectivity index (χ3n) is 3.96. The smallest absolute Gasteiger partial charge is 0.259 e. The van der Waals surface area contributed by atoms with Crippen LogP contribution in [-0.2, 0) is 11.3 Å². The summed E-state index contributed by atoms with van der Waals surface area (Å²) in [6.45, 7) is 1.50. The molecule has 0 saturated carbocycles. The van der Waals surface area contributed by atoms with Gasteiger partial charge in [0.15, 0.2) is 0 Å². The van der Waals surface area contributed by atoms with E-state index in [0.717, 1.165) is 19.4 Å². The topological polar surface area (TPSA) is 65.4 Å². The zero-order chi connectivity index (χ0) is 16.9. The van der Waals surface area contributed by atoms with Crippen molar-refractivity contribution in [2.75, 3.05) is 19.0 Å². The van der Waals surface area contributed by atoms with Gasteiger partial charge in [0.25, 0.3) is 5.91 Å². The molecule has 7 heteroatoms. The monoisotopic (exact) mass is 349 g/mol. The van der Waals surface area contributed by atoms with Gasteiger partial charge in [-0.3, -0.25) is 9.48 Å². The van der Waals surface area contributed by atoms with E-state index in [1.54, 1.807) is 35.3 Å². The molecule has 1 aromatic heterocycles. The maximum Gasteiger partial charge on any atom is 0.259 e. The Hall–Kier alpha value is -2.05. The first-order valence-electron chi connectivity index (χ1n) is 7.94. The van der Waals surface area contributed by atoms with Gasteiger partial charge in [-0.25, -0.2) is 0 Å². The minimum Gasteiger partial charge on any atom is -0.496 e. The number of ether oxygens (including phenoxy) is 2. The van der Waals surface area contributed by atoms with E-state index >= 15 is 0 Å². The van der Waals surface area contributed by atoms with Crippen LogP contribution in [0.4, 0.5) is 5.69 Å². The molecule has 0 radical (unpaired) electrons. The van der Waals surface area contributed by atoms with Gasteiger partial charge in [0, 0.05) is 17.8 Å². The van der Waals surface area contributed by atoms with Crippen molar-refractivity contribution in [1.82, 2.24) is 9.78 Å². The number of amides is 1. The Morgan fingerprint density at radius 2 is 2.38 bits per heavy atom. The number of hydrogen-bond acceptors (Lipinski definition) is 4. The number of methoxy groups -OCH3 is 1. The van der Waals surface area contributed by atoms with Crippen LogP contribution >= 0.6 is 11.6 Å². The second-order valence-corrected chi connectivity index (χ2v) is 6.17. The molecule has 1 aliphatic heterocycles. The highest BCUT2D eigenvalue weighted by atomic mass is 35.5. The van der Waals surface area contributed by atoms with Crippen LogP contribution in [0.3, 0.4) is 0 Å². The number of benzene rings is 1. The second kappa shape index (κ2) is 7.68. The molecule has 3 rings (SSSR count). The molecule has 0 unspecified atom stereocenters. The summed E-state index contributed by atoms with van der Waals surface area (Å²) in [5.41, 5.74) is 1.01. The third kappa shape index (κ3) is 4.07. The lowest BCUT2D eigenvalue weighted by atomic mass is 10.1. The highest BCUT2D eigenvalue weighted by molar-refractivity contribution is 6.31. The molecular formula is C17H20ClN3O3. The number of nitrogens with one attached hydrogen (secondary N) is 1. The van der Waals surface area contributed by atoms with E-state index in [1.807, 2.05) is 0 Å². The number of carbonyl (C=O) groups excluding carboxylic acids is 1. The highest BCUT2D eigenvalue weighted by Gasteiger charge is 2.16. The number of nitrogens with zero attached hydrogens (tertiary/aromatic N) is 2. The van der Waals surface area contributed by atoms with Gasteiger partial charge >= 0.3 is 0 Å². The standard InChI is InChI=1S/C17H20ClN3O3/c1-23-16-6-5-12(18)8-15(16)17(22)20-13-9-19-21(10-13)11-14-4-2-3-7-24-14/h5-6,8-10,14H,2-4,7,11H2,1H3,(H,20,22)/t14-/m0/s1. The third-order valence-corrected chi connectivity index (χ3v) is 4.20.